The Kier molecular flexibility index (Phi) is 4.66. The monoisotopic (exact) mass is 411 g/mol. The lowest BCUT2D eigenvalue weighted by Crippen LogP contribution is -2.13. The molecule has 0 aliphatic rings. The molecule has 3 N–H and O–H groups in total. The van der Waals surface area contributed by atoms with Gasteiger partial charge in [0.05, 0.1) is 40.3 Å². The Labute approximate surface area is 178 Å². The number of H-pyrrole nitrogens is 2. The van der Waals surface area contributed by atoms with Gasteiger partial charge in [0.2, 0.25) is 5.91 Å². The summed E-state index contributed by atoms with van der Waals surface area (Å²) in [6, 6.07) is 11.7. The number of nitrogens with one attached hydrogen (secondary N) is 3. The van der Waals surface area contributed by atoms with Gasteiger partial charge in [0.1, 0.15) is 5.69 Å². The van der Waals surface area contributed by atoms with Gasteiger partial charge < -0.3 is 10.3 Å². The Bertz CT molecular complexity index is 1370. The highest BCUT2D eigenvalue weighted by Crippen LogP contribution is 2.29. The normalized spacial score (nSPS) is 11.5. The van der Waals surface area contributed by atoms with Crippen molar-refractivity contribution in [3.8, 4) is 22.8 Å². The molecule has 5 rings (SSSR count). The molecule has 31 heavy (non-hydrogen) atoms. The van der Waals surface area contributed by atoms with Crippen LogP contribution in [-0.4, -0.2) is 36.0 Å². The third kappa shape index (κ3) is 3.75. The molecule has 4 heterocycles. The van der Waals surface area contributed by atoms with Gasteiger partial charge in [-0.2, -0.15) is 5.10 Å². The highest BCUT2D eigenvalue weighted by molar-refractivity contribution is 5.95. The van der Waals surface area contributed by atoms with Crippen molar-refractivity contribution < 1.29 is 4.79 Å². The number of hydrogen-bond donors (Lipinski definition) is 3. The maximum absolute atomic E-state index is 12.1. The molecule has 8 heteroatoms. The molecule has 0 fully saturated rings. The number of imidazole rings is 1. The molecule has 0 saturated heterocycles. The minimum Gasteiger partial charge on any atom is -0.337 e. The van der Waals surface area contributed by atoms with Crippen LogP contribution in [0.2, 0.25) is 0 Å². The van der Waals surface area contributed by atoms with E-state index in [0.29, 0.717) is 17.9 Å². The van der Waals surface area contributed by atoms with Crippen LogP contribution in [-0.2, 0) is 4.79 Å². The van der Waals surface area contributed by atoms with Crippen LogP contribution in [0.15, 0.2) is 55.0 Å². The summed E-state index contributed by atoms with van der Waals surface area (Å²) in [7, 11) is 0. The van der Waals surface area contributed by atoms with Crippen molar-refractivity contribution in [2.24, 2.45) is 5.92 Å². The lowest BCUT2D eigenvalue weighted by molar-refractivity contribution is -0.116. The van der Waals surface area contributed by atoms with Gasteiger partial charge in [0.15, 0.2) is 5.82 Å². The number of rotatable bonds is 5. The SMILES string of the molecule is CC(C)CC(=O)Nc1cncc(-c2cc3c(-c4nc5ccccc5[nH]4)n[nH]c3cn2)c1. The number of amides is 1. The first-order valence-electron chi connectivity index (χ1n) is 10.1. The fourth-order valence-electron chi connectivity index (χ4n) is 3.55. The van der Waals surface area contributed by atoms with Crippen LogP contribution in [0.5, 0.6) is 0 Å². The summed E-state index contributed by atoms with van der Waals surface area (Å²) in [5.74, 6) is 0.953. The first kappa shape index (κ1) is 18.9. The molecule has 1 aromatic carbocycles. The minimum absolute atomic E-state index is 0.0284. The maximum atomic E-state index is 12.1. The van der Waals surface area contributed by atoms with Crippen molar-refractivity contribution in [2.75, 3.05) is 5.32 Å². The van der Waals surface area contributed by atoms with Gasteiger partial charge in [0.25, 0.3) is 0 Å². The summed E-state index contributed by atoms with van der Waals surface area (Å²) in [6.07, 6.45) is 5.57. The van der Waals surface area contributed by atoms with E-state index < -0.39 is 0 Å². The van der Waals surface area contributed by atoms with E-state index in [1.54, 1.807) is 18.6 Å². The van der Waals surface area contributed by atoms with Gasteiger partial charge in [-0.15, -0.1) is 0 Å². The molecule has 0 bridgehead atoms. The number of carbonyl (C=O) groups is 1. The predicted octanol–water partition coefficient (Wildman–Crippen LogP) is 4.55. The molecule has 154 valence electrons. The molecule has 0 aliphatic carbocycles. The fraction of sp³-hybridized carbons (Fsp3) is 0.174. The maximum Gasteiger partial charge on any atom is 0.224 e. The van der Waals surface area contributed by atoms with Crippen LogP contribution in [0, 0.1) is 5.92 Å². The van der Waals surface area contributed by atoms with E-state index >= 15 is 0 Å². The molecular weight excluding hydrogens is 390 g/mol. The number of hydrogen-bond acceptors (Lipinski definition) is 5. The lowest BCUT2D eigenvalue weighted by atomic mass is 10.1. The smallest absolute Gasteiger partial charge is 0.224 e. The number of fused-ring (bicyclic) bond motifs is 2. The number of aromatic nitrogens is 6. The Hall–Kier alpha value is -4.07. The third-order valence-corrected chi connectivity index (χ3v) is 4.97. The Morgan fingerprint density at radius 2 is 1.97 bits per heavy atom. The Morgan fingerprint density at radius 1 is 1.10 bits per heavy atom. The molecular formula is C23H21N7O. The Balaban J connectivity index is 1.51. The predicted molar refractivity (Wildman–Crippen MR) is 120 cm³/mol. The molecule has 5 aromatic rings. The van der Waals surface area contributed by atoms with Crippen LogP contribution in [0.1, 0.15) is 20.3 Å². The van der Waals surface area contributed by atoms with Crippen molar-refractivity contribution in [2.45, 2.75) is 20.3 Å². The second-order valence-electron chi connectivity index (χ2n) is 7.90. The van der Waals surface area contributed by atoms with Crippen LogP contribution in [0.3, 0.4) is 0 Å². The zero-order chi connectivity index (χ0) is 21.4. The number of anilines is 1. The molecule has 8 nitrogen and oxygen atoms in total. The van der Waals surface area contributed by atoms with E-state index in [4.69, 9.17) is 0 Å². The van der Waals surface area contributed by atoms with Crippen molar-refractivity contribution in [3.63, 3.8) is 0 Å². The van der Waals surface area contributed by atoms with Gasteiger partial charge in [0, 0.05) is 23.6 Å². The molecule has 0 atom stereocenters. The van der Waals surface area contributed by atoms with Crippen molar-refractivity contribution in [1.82, 2.24) is 30.1 Å². The number of para-hydroxylation sites is 2. The third-order valence-electron chi connectivity index (χ3n) is 4.97. The van der Waals surface area contributed by atoms with E-state index in [1.165, 1.54) is 0 Å². The molecule has 4 aromatic heterocycles. The number of benzene rings is 1. The van der Waals surface area contributed by atoms with Crippen molar-refractivity contribution in [3.05, 3.63) is 55.0 Å². The van der Waals surface area contributed by atoms with Gasteiger partial charge in [-0.05, 0) is 30.2 Å². The zero-order valence-corrected chi connectivity index (χ0v) is 17.2. The number of carbonyl (C=O) groups excluding carboxylic acids is 1. The average molecular weight is 411 g/mol. The Morgan fingerprint density at radius 3 is 2.81 bits per heavy atom. The summed E-state index contributed by atoms with van der Waals surface area (Å²) in [6.45, 7) is 4.02. The number of aromatic amines is 2. The molecule has 0 radical (unpaired) electrons. The minimum atomic E-state index is -0.0284. The number of pyridine rings is 2. The summed E-state index contributed by atoms with van der Waals surface area (Å²) < 4.78 is 0. The summed E-state index contributed by atoms with van der Waals surface area (Å²) in [5.41, 5.74) is 5.57. The van der Waals surface area contributed by atoms with Crippen molar-refractivity contribution in [1.29, 1.82) is 0 Å². The number of nitrogens with zero attached hydrogens (tertiary/aromatic N) is 4. The summed E-state index contributed by atoms with van der Waals surface area (Å²) in [4.78, 5) is 28.9. The summed E-state index contributed by atoms with van der Waals surface area (Å²) in [5, 5.41) is 11.3. The van der Waals surface area contributed by atoms with Crippen molar-refractivity contribution >= 4 is 33.5 Å². The highest BCUT2D eigenvalue weighted by Gasteiger charge is 2.14. The molecule has 1 amide bonds. The van der Waals surface area contributed by atoms with Gasteiger partial charge in [-0.25, -0.2) is 4.98 Å². The second-order valence-corrected chi connectivity index (χ2v) is 7.90. The first-order valence-corrected chi connectivity index (χ1v) is 10.1. The largest absolute Gasteiger partial charge is 0.337 e. The van der Waals surface area contributed by atoms with Crippen LogP contribution in [0.25, 0.3) is 44.7 Å². The van der Waals surface area contributed by atoms with Crippen LogP contribution in [0.4, 0.5) is 5.69 Å². The average Bonchev–Trinajstić information content (AvgIpc) is 3.36. The topological polar surface area (TPSA) is 112 Å². The van der Waals surface area contributed by atoms with Gasteiger partial charge in [-0.1, -0.05) is 26.0 Å². The van der Waals surface area contributed by atoms with E-state index in [2.05, 4.69) is 35.5 Å². The van der Waals surface area contributed by atoms with Gasteiger partial charge >= 0.3 is 0 Å². The highest BCUT2D eigenvalue weighted by atomic mass is 16.1. The quantitative estimate of drug-likeness (QED) is 0.393. The molecule has 0 aliphatic heterocycles. The first-order chi connectivity index (χ1) is 15.1. The fourth-order valence-corrected chi connectivity index (χ4v) is 3.55. The molecule has 0 spiro atoms. The van der Waals surface area contributed by atoms with E-state index in [-0.39, 0.29) is 11.8 Å². The van der Waals surface area contributed by atoms with E-state index in [1.807, 2.05) is 50.2 Å². The molecule has 0 saturated carbocycles. The summed E-state index contributed by atoms with van der Waals surface area (Å²) >= 11 is 0. The lowest BCUT2D eigenvalue weighted by Gasteiger charge is -2.08. The zero-order valence-electron chi connectivity index (χ0n) is 17.2. The second kappa shape index (κ2) is 7.64. The van der Waals surface area contributed by atoms with E-state index in [9.17, 15) is 4.79 Å². The van der Waals surface area contributed by atoms with Crippen LogP contribution >= 0.6 is 0 Å². The standard InChI is InChI=1S/C23H21N7O/c1-13(2)7-21(31)26-15-8-14(10-24-11-15)19-9-16-20(12-25-19)29-30-22(16)23-27-17-5-3-4-6-18(17)28-23/h3-6,8-13H,7H2,1-2H3,(H,26,31)(H,27,28)(H,29,30). The molecule has 0 unspecified atom stereocenters. The van der Waals surface area contributed by atoms with E-state index in [0.717, 1.165) is 38.9 Å². The van der Waals surface area contributed by atoms with Crippen LogP contribution < -0.4 is 5.32 Å². The van der Waals surface area contributed by atoms with Gasteiger partial charge in [-0.3, -0.25) is 19.9 Å².